The molecule has 0 spiro atoms. The van der Waals surface area contributed by atoms with Crippen molar-refractivity contribution in [3.8, 4) is 0 Å². The van der Waals surface area contributed by atoms with Crippen LogP contribution in [0.5, 0.6) is 0 Å². The quantitative estimate of drug-likeness (QED) is 0.807. The van der Waals surface area contributed by atoms with Crippen molar-refractivity contribution in [2.75, 3.05) is 13.6 Å². The van der Waals surface area contributed by atoms with Gasteiger partial charge < -0.3 is 5.11 Å². The first kappa shape index (κ1) is 13.9. The van der Waals surface area contributed by atoms with Crippen LogP contribution in [-0.2, 0) is 16.6 Å². The van der Waals surface area contributed by atoms with Crippen LogP contribution in [0.1, 0.15) is 11.1 Å². The fourth-order valence-corrected chi connectivity index (χ4v) is 2.88. The predicted octanol–water partition coefficient (Wildman–Crippen LogP) is 1.29. The van der Waals surface area contributed by atoms with Crippen LogP contribution in [0, 0.1) is 6.92 Å². The van der Waals surface area contributed by atoms with Crippen molar-refractivity contribution in [3.05, 3.63) is 42.0 Å². The average Bonchev–Trinajstić information content (AvgIpc) is 2.29. The van der Waals surface area contributed by atoms with Gasteiger partial charge in [-0.05, 0) is 24.1 Å². The van der Waals surface area contributed by atoms with Gasteiger partial charge in [-0.3, -0.25) is 0 Å². The lowest BCUT2D eigenvalue weighted by Crippen LogP contribution is -2.27. The van der Waals surface area contributed by atoms with E-state index in [0.717, 1.165) is 0 Å². The highest BCUT2D eigenvalue weighted by Gasteiger charge is 2.21. The Labute approximate surface area is 102 Å². The SMILES string of the molecule is C=CCN(C)S(=O)(=O)c1cc(CO)ccc1C. The van der Waals surface area contributed by atoms with Crippen LogP contribution in [0.4, 0.5) is 0 Å². The molecular weight excluding hydrogens is 238 g/mol. The summed E-state index contributed by atoms with van der Waals surface area (Å²) in [6.07, 6.45) is 1.53. The first-order chi connectivity index (χ1) is 7.93. The first-order valence-electron chi connectivity index (χ1n) is 5.21. The van der Waals surface area contributed by atoms with Gasteiger partial charge in [-0.2, -0.15) is 4.31 Å². The number of hydrogen-bond donors (Lipinski definition) is 1. The smallest absolute Gasteiger partial charge is 0.243 e. The Morgan fingerprint density at radius 1 is 1.47 bits per heavy atom. The van der Waals surface area contributed by atoms with Crippen LogP contribution in [-0.4, -0.2) is 31.4 Å². The molecule has 0 heterocycles. The average molecular weight is 255 g/mol. The molecule has 0 aromatic heterocycles. The molecule has 5 heteroatoms. The molecule has 0 fully saturated rings. The topological polar surface area (TPSA) is 57.6 Å². The zero-order valence-corrected chi connectivity index (χ0v) is 10.9. The number of likely N-dealkylation sites (N-methyl/N-ethyl adjacent to an activating group) is 1. The molecular formula is C12H17NO3S. The minimum Gasteiger partial charge on any atom is -0.392 e. The molecule has 0 amide bonds. The summed E-state index contributed by atoms with van der Waals surface area (Å²) in [6, 6.07) is 4.91. The third kappa shape index (κ3) is 2.94. The van der Waals surface area contributed by atoms with Gasteiger partial charge in [0.05, 0.1) is 11.5 Å². The normalized spacial score (nSPS) is 11.8. The molecule has 0 unspecified atom stereocenters. The van der Waals surface area contributed by atoms with Crippen LogP contribution in [0.15, 0.2) is 35.7 Å². The highest BCUT2D eigenvalue weighted by atomic mass is 32.2. The molecule has 1 aromatic rings. The van der Waals surface area contributed by atoms with Gasteiger partial charge in [-0.1, -0.05) is 18.2 Å². The molecule has 0 aliphatic heterocycles. The van der Waals surface area contributed by atoms with Crippen molar-refractivity contribution in [1.82, 2.24) is 4.31 Å². The van der Waals surface area contributed by atoms with Gasteiger partial charge >= 0.3 is 0 Å². The van der Waals surface area contributed by atoms with E-state index in [4.69, 9.17) is 5.11 Å². The number of benzene rings is 1. The fourth-order valence-electron chi connectivity index (χ4n) is 1.47. The highest BCUT2D eigenvalue weighted by Crippen LogP contribution is 2.20. The van der Waals surface area contributed by atoms with Gasteiger partial charge in [0.2, 0.25) is 10.0 Å². The van der Waals surface area contributed by atoms with Gasteiger partial charge in [0, 0.05) is 13.6 Å². The molecule has 1 aromatic carbocycles. The Morgan fingerprint density at radius 2 is 2.12 bits per heavy atom. The van der Waals surface area contributed by atoms with E-state index in [0.29, 0.717) is 11.1 Å². The van der Waals surface area contributed by atoms with Crippen molar-refractivity contribution in [2.24, 2.45) is 0 Å². The minimum atomic E-state index is -3.51. The summed E-state index contributed by atoms with van der Waals surface area (Å²) in [4.78, 5) is 0.230. The lowest BCUT2D eigenvalue weighted by molar-refractivity contribution is 0.281. The third-order valence-electron chi connectivity index (χ3n) is 2.51. The number of aliphatic hydroxyl groups is 1. The molecule has 0 bridgehead atoms. The van der Waals surface area contributed by atoms with Gasteiger partial charge in [0.1, 0.15) is 0 Å². The summed E-state index contributed by atoms with van der Waals surface area (Å²) in [5, 5.41) is 9.04. The van der Waals surface area contributed by atoms with E-state index in [2.05, 4.69) is 6.58 Å². The van der Waals surface area contributed by atoms with Gasteiger partial charge in [0.15, 0.2) is 0 Å². The molecule has 0 aliphatic rings. The summed E-state index contributed by atoms with van der Waals surface area (Å²) >= 11 is 0. The van der Waals surface area contributed by atoms with Crippen molar-refractivity contribution >= 4 is 10.0 Å². The van der Waals surface area contributed by atoms with Gasteiger partial charge in [-0.15, -0.1) is 6.58 Å². The summed E-state index contributed by atoms with van der Waals surface area (Å²) < 4.78 is 25.6. The van der Waals surface area contributed by atoms with Gasteiger partial charge in [-0.25, -0.2) is 8.42 Å². The van der Waals surface area contributed by atoms with Gasteiger partial charge in [0.25, 0.3) is 0 Å². The Morgan fingerprint density at radius 3 is 2.65 bits per heavy atom. The maximum Gasteiger partial charge on any atom is 0.243 e. The highest BCUT2D eigenvalue weighted by molar-refractivity contribution is 7.89. The van der Waals surface area contributed by atoms with E-state index >= 15 is 0 Å². The minimum absolute atomic E-state index is 0.173. The number of rotatable bonds is 5. The van der Waals surface area contributed by atoms with Crippen molar-refractivity contribution in [2.45, 2.75) is 18.4 Å². The van der Waals surface area contributed by atoms with Crippen molar-refractivity contribution < 1.29 is 13.5 Å². The molecule has 94 valence electrons. The Bertz CT molecular complexity index is 508. The largest absolute Gasteiger partial charge is 0.392 e. The van der Waals surface area contributed by atoms with E-state index in [1.807, 2.05) is 0 Å². The number of sulfonamides is 1. The van der Waals surface area contributed by atoms with Crippen molar-refractivity contribution in [1.29, 1.82) is 0 Å². The zero-order valence-electron chi connectivity index (χ0n) is 10.0. The number of nitrogens with zero attached hydrogens (tertiary/aromatic N) is 1. The van der Waals surface area contributed by atoms with Crippen LogP contribution in [0.3, 0.4) is 0 Å². The molecule has 1 rings (SSSR count). The molecule has 0 atom stereocenters. The Hall–Kier alpha value is -1.17. The van der Waals surface area contributed by atoms with Crippen LogP contribution >= 0.6 is 0 Å². The van der Waals surface area contributed by atoms with E-state index in [1.165, 1.54) is 23.5 Å². The fraction of sp³-hybridized carbons (Fsp3) is 0.333. The Balaban J connectivity index is 3.27. The molecule has 0 radical (unpaired) electrons. The molecule has 0 saturated carbocycles. The van der Waals surface area contributed by atoms with Crippen LogP contribution < -0.4 is 0 Å². The summed E-state index contributed by atoms with van der Waals surface area (Å²) in [6.45, 7) is 5.33. The number of aliphatic hydroxyl groups excluding tert-OH is 1. The van der Waals surface area contributed by atoms with Crippen LogP contribution in [0.25, 0.3) is 0 Å². The maximum atomic E-state index is 12.2. The second-order valence-corrected chi connectivity index (χ2v) is 5.85. The van der Waals surface area contributed by atoms with E-state index < -0.39 is 10.0 Å². The van der Waals surface area contributed by atoms with Crippen molar-refractivity contribution in [3.63, 3.8) is 0 Å². The molecule has 1 N–H and O–H groups in total. The second kappa shape index (κ2) is 5.44. The Kier molecular flexibility index (Phi) is 4.45. The summed E-state index contributed by atoms with van der Waals surface area (Å²) in [5.74, 6) is 0. The number of aryl methyl sites for hydroxylation is 1. The standard InChI is InChI=1S/C12H17NO3S/c1-4-7-13(3)17(15,16)12-8-11(9-14)6-5-10(12)2/h4-6,8,14H,1,7,9H2,2-3H3. The summed E-state index contributed by atoms with van der Waals surface area (Å²) in [5.41, 5.74) is 1.25. The molecule has 0 aliphatic carbocycles. The molecule has 4 nitrogen and oxygen atoms in total. The van der Waals surface area contributed by atoms with Crippen LogP contribution in [0.2, 0.25) is 0 Å². The lowest BCUT2D eigenvalue weighted by Gasteiger charge is -2.17. The summed E-state index contributed by atoms with van der Waals surface area (Å²) in [7, 11) is -2.01. The molecule has 0 saturated heterocycles. The monoisotopic (exact) mass is 255 g/mol. The molecule has 17 heavy (non-hydrogen) atoms. The number of hydrogen-bond acceptors (Lipinski definition) is 3. The second-order valence-electron chi connectivity index (χ2n) is 3.83. The van der Waals surface area contributed by atoms with E-state index in [-0.39, 0.29) is 18.0 Å². The zero-order chi connectivity index (χ0) is 13.1. The lowest BCUT2D eigenvalue weighted by atomic mass is 10.2. The maximum absolute atomic E-state index is 12.2. The van der Waals surface area contributed by atoms with E-state index in [9.17, 15) is 8.42 Å². The van der Waals surface area contributed by atoms with E-state index in [1.54, 1.807) is 19.1 Å². The first-order valence-corrected chi connectivity index (χ1v) is 6.65. The third-order valence-corrected chi connectivity index (χ3v) is 4.47. The predicted molar refractivity (Wildman–Crippen MR) is 67.1 cm³/mol.